The third kappa shape index (κ3) is 3.75. The summed E-state index contributed by atoms with van der Waals surface area (Å²) >= 11 is 1.68. The van der Waals surface area contributed by atoms with Gasteiger partial charge >= 0.3 is 0 Å². The highest BCUT2D eigenvalue weighted by atomic mass is 32.2. The smallest absolute Gasteiger partial charge is 0.236 e. The zero-order chi connectivity index (χ0) is 13.0. The van der Waals surface area contributed by atoms with Crippen LogP contribution < -0.4 is 5.73 Å². The molecule has 1 saturated carbocycles. The topological polar surface area (TPSA) is 46.3 Å². The molecule has 1 amide bonds. The molecule has 0 aromatic heterocycles. The molecule has 2 aliphatic rings. The fourth-order valence-electron chi connectivity index (χ4n) is 2.32. The van der Waals surface area contributed by atoms with E-state index in [1.807, 2.05) is 0 Å². The Kier molecular flexibility index (Phi) is 5.13. The van der Waals surface area contributed by atoms with Crippen LogP contribution in [0, 0.1) is 0 Å². The summed E-state index contributed by atoms with van der Waals surface area (Å²) in [6, 6.07) is 0.496. The predicted molar refractivity (Wildman–Crippen MR) is 77.4 cm³/mol. The second-order valence-corrected chi connectivity index (χ2v) is 6.72. The quantitative estimate of drug-likeness (QED) is 0.805. The lowest BCUT2D eigenvalue weighted by Gasteiger charge is -2.28. The zero-order valence-corrected chi connectivity index (χ0v) is 12.0. The molecule has 102 valence electrons. The van der Waals surface area contributed by atoms with Gasteiger partial charge in [-0.2, -0.15) is 0 Å². The van der Waals surface area contributed by atoms with E-state index in [9.17, 15) is 4.79 Å². The van der Waals surface area contributed by atoms with Crippen LogP contribution in [-0.4, -0.2) is 34.4 Å². The fraction of sp³-hybridized carbons (Fsp3) is 0.786. The second kappa shape index (κ2) is 6.62. The predicted octanol–water partition coefficient (Wildman–Crippen LogP) is 2.52. The van der Waals surface area contributed by atoms with Crippen molar-refractivity contribution >= 4 is 17.7 Å². The van der Waals surface area contributed by atoms with Crippen LogP contribution >= 0.6 is 11.8 Å². The Labute approximate surface area is 114 Å². The molecule has 2 rings (SSSR count). The molecular weight excluding hydrogens is 244 g/mol. The number of carbonyl (C=O) groups excluding carboxylic acids is 1. The molecular formula is C14H24N2OS. The van der Waals surface area contributed by atoms with Gasteiger partial charge in [0.25, 0.3) is 0 Å². The van der Waals surface area contributed by atoms with Gasteiger partial charge in [0.2, 0.25) is 5.91 Å². The van der Waals surface area contributed by atoms with Crippen LogP contribution in [0.2, 0.25) is 0 Å². The van der Waals surface area contributed by atoms with Crippen LogP contribution in [0.15, 0.2) is 11.8 Å². The van der Waals surface area contributed by atoms with Crippen molar-refractivity contribution in [3.05, 3.63) is 11.8 Å². The molecule has 0 bridgehead atoms. The highest BCUT2D eigenvalue weighted by Crippen LogP contribution is 2.34. The van der Waals surface area contributed by atoms with Crippen molar-refractivity contribution in [2.45, 2.75) is 56.7 Å². The maximum Gasteiger partial charge on any atom is 0.236 e. The van der Waals surface area contributed by atoms with Crippen LogP contribution in [0.1, 0.15) is 45.4 Å². The first-order valence-corrected chi connectivity index (χ1v) is 8.10. The zero-order valence-electron chi connectivity index (χ0n) is 11.2. The fourth-order valence-corrected chi connectivity index (χ4v) is 3.02. The molecule has 2 N–H and O–H groups in total. The van der Waals surface area contributed by atoms with Crippen molar-refractivity contribution in [3.63, 3.8) is 0 Å². The second-order valence-electron chi connectivity index (χ2n) is 5.29. The van der Waals surface area contributed by atoms with Crippen molar-refractivity contribution in [3.8, 4) is 0 Å². The molecule has 0 heterocycles. The van der Waals surface area contributed by atoms with E-state index in [1.54, 1.807) is 11.8 Å². The van der Waals surface area contributed by atoms with Gasteiger partial charge in [-0.05, 0) is 38.5 Å². The largest absolute Gasteiger partial charge is 0.329 e. The summed E-state index contributed by atoms with van der Waals surface area (Å²) in [6.45, 7) is 2.73. The molecule has 1 unspecified atom stereocenters. The third-order valence-corrected chi connectivity index (χ3v) is 4.76. The van der Waals surface area contributed by atoms with Crippen molar-refractivity contribution in [2.24, 2.45) is 5.73 Å². The minimum atomic E-state index is 0.288. The van der Waals surface area contributed by atoms with Crippen molar-refractivity contribution in [1.29, 1.82) is 0 Å². The molecule has 0 aromatic carbocycles. The van der Waals surface area contributed by atoms with E-state index in [-0.39, 0.29) is 5.91 Å². The van der Waals surface area contributed by atoms with Crippen molar-refractivity contribution in [1.82, 2.24) is 4.90 Å². The molecule has 4 heteroatoms. The summed E-state index contributed by atoms with van der Waals surface area (Å²) in [5.41, 5.74) is 6.88. The number of hydrogen-bond acceptors (Lipinski definition) is 3. The molecule has 0 aromatic rings. The molecule has 1 fully saturated rings. The first kappa shape index (κ1) is 13.9. The number of amides is 1. The van der Waals surface area contributed by atoms with E-state index in [2.05, 4.69) is 17.9 Å². The summed E-state index contributed by atoms with van der Waals surface area (Å²) in [5, 5.41) is 0.371. The van der Waals surface area contributed by atoms with Crippen molar-refractivity contribution in [2.75, 3.05) is 12.3 Å². The Morgan fingerprint density at radius 3 is 2.89 bits per heavy atom. The maximum absolute atomic E-state index is 12.4. The normalized spacial score (nSPS) is 21.3. The standard InChI is InChI=1S/C14H24N2OS/c1-11(9-15)18-10-14(17)16(13-7-8-13)12-5-3-2-4-6-12/h5,11,13H,2-4,6-10,15H2,1H3. The Balaban J connectivity index is 1.92. The molecule has 3 nitrogen and oxygen atoms in total. The summed E-state index contributed by atoms with van der Waals surface area (Å²) in [5.74, 6) is 0.864. The lowest BCUT2D eigenvalue weighted by Crippen LogP contribution is -2.35. The van der Waals surface area contributed by atoms with Crippen LogP contribution in [-0.2, 0) is 4.79 Å². The van der Waals surface area contributed by atoms with E-state index >= 15 is 0 Å². The number of hydrogen-bond donors (Lipinski definition) is 1. The number of thioether (sulfide) groups is 1. The van der Waals surface area contributed by atoms with Gasteiger partial charge in [0, 0.05) is 23.5 Å². The summed E-state index contributed by atoms with van der Waals surface area (Å²) < 4.78 is 0. The minimum Gasteiger partial charge on any atom is -0.329 e. The SMILES string of the molecule is CC(CN)SCC(=O)N(C1=CCCCC1)C1CC1. The number of nitrogens with zero attached hydrogens (tertiary/aromatic N) is 1. The van der Waals surface area contributed by atoms with Gasteiger partial charge in [-0.1, -0.05) is 13.0 Å². The average Bonchev–Trinajstić information content (AvgIpc) is 3.22. The summed E-state index contributed by atoms with van der Waals surface area (Å²) in [7, 11) is 0. The molecule has 0 spiro atoms. The van der Waals surface area contributed by atoms with Crippen LogP contribution in [0.25, 0.3) is 0 Å². The highest BCUT2D eigenvalue weighted by Gasteiger charge is 2.34. The lowest BCUT2D eigenvalue weighted by molar-refractivity contribution is -0.127. The van der Waals surface area contributed by atoms with Crippen LogP contribution in [0.4, 0.5) is 0 Å². The maximum atomic E-state index is 12.4. The number of carbonyl (C=O) groups is 1. The number of rotatable bonds is 6. The monoisotopic (exact) mass is 268 g/mol. The Morgan fingerprint density at radius 1 is 1.56 bits per heavy atom. The lowest BCUT2D eigenvalue weighted by atomic mass is 10.0. The van der Waals surface area contributed by atoms with Gasteiger partial charge in [-0.15, -0.1) is 11.8 Å². The molecule has 0 radical (unpaired) electrons. The van der Waals surface area contributed by atoms with Gasteiger partial charge < -0.3 is 10.6 Å². The molecule has 0 saturated heterocycles. The molecule has 2 aliphatic carbocycles. The van der Waals surface area contributed by atoms with E-state index in [1.165, 1.54) is 31.4 Å². The number of allylic oxidation sites excluding steroid dienone is 2. The van der Waals surface area contributed by atoms with E-state index in [0.717, 1.165) is 12.8 Å². The van der Waals surface area contributed by atoms with Crippen LogP contribution in [0.3, 0.4) is 0 Å². The molecule has 0 aliphatic heterocycles. The van der Waals surface area contributed by atoms with Gasteiger partial charge in [0.05, 0.1) is 5.75 Å². The minimum absolute atomic E-state index is 0.288. The summed E-state index contributed by atoms with van der Waals surface area (Å²) in [6.07, 6.45) is 9.36. The van der Waals surface area contributed by atoms with E-state index in [0.29, 0.717) is 23.6 Å². The Morgan fingerprint density at radius 2 is 2.33 bits per heavy atom. The Bertz CT molecular complexity index is 326. The highest BCUT2D eigenvalue weighted by molar-refractivity contribution is 8.00. The summed E-state index contributed by atoms with van der Waals surface area (Å²) in [4.78, 5) is 14.5. The van der Waals surface area contributed by atoms with Gasteiger partial charge in [-0.25, -0.2) is 0 Å². The molecule has 18 heavy (non-hydrogen) atoms. The van der Waals surface area contributed by atoms with Gasteiger partial charge in [0.15, 0.2) is 0 Å². The van der Waals surface area contributed by atoms with Gasteiger partial charge in [-0.3, -0.25) is 4.79 Å². The van der Waals surface area contributed by atoms with Gasteiger partial charge in [0.1, 0.15) is 0 Å². The third-order valence-electron chi connectivity index (χ3n) is 3.58. The number of nitrogens with two attached hydrogens (primary N) is 1. The Hall–Kier alpha value is -0.480. The molecule has 1 atom stereocenters. The van der Waals surface area contributed by atoms with E-state index < -0.39 is 0 Å². The van der Waals surface area contributed by atoms with E-state index in [4.69, 9.17) is 5.73 Å². The van der Waals surface area contributed by atoms with Crippen molar-refractivity contribution < 1.29 is 4.79 Å². The average molecular weight is 268 g/mol. The first-order chi connectivity index (χ1) is 8.72. The first-order valence-electron chi connectivity index (χ1n) is 7.05. The van der Waals surface area contributed by atoms with Crippen LogP contribution in [0.5, 0.6) is 0 Å².